The van der Waals surface area contributed by atoms with E-state index in [4.69, 9.17) is 11.6 Å². The van der Waals surface area contributed by atoms with Gasteiger partial charge in [-0.2, -0.15) is 0 Å². The molecule has 0 aliphatic rings. The number of benzene rings is 2. The number of hydrogen-bond acceptors (Lipinski definition) is 3. The Morgan fingerprint density at radius 2 is 1.92 bits per heavy atom. The van der Waals surface area contributed by atoms with Crippen molar-refractivity contribution in [3.63, 3.8) is 0 Å². The first kappa shape index (κ1) is 20.8. The highest BCUT2D eigenvalue weighted by atomic mass is 35.5. The molecule has 0 saturated carbocycles. The molecule has 0 amide bonds. The molecular formula is C22H31ClN2O. The molecule has 0 aromatic heterocycles. The lowest BCUT2D eigenvalue weighted by Gasteiger charge is -2.17. The molecule has 3 N–H and O–H groups in total. The summed E-state index contributed by atoms with van der Waals surface area (Å²) in [5.41, 5.74) is 4.36. The molecule has 2 atom stereocenters. The van der Waals surface area contributed by atoms with Crippen molar-refractivity contribution in [1.82, 2.24) is 5.32 Å². The third-order valence-electron chi connectivity index (χ3n) is 4.46. The number of halogens is 1. The van der Waals surface area contributed by atoms with E-state index in [1.807, 2.05) is 30.3 Å². The topological polar surface area (TPSA) is 44.3 Å². The molecule has 142 valence electrons. The van der Waals surface area contributed by atoms with E-state index in [9.17, 15) is 5.11 Å². The normalized spacial score (nSPS) is 13.4. The molecule has 0 spiro atoms. The zero-order valence-corrected chi connectivity index (χ0v) is 16.8. The van der Waals surface area contributed by atoms with E-state index in [1.165, 1.54) is 11.1 Å². The van der Waals surface area contributed by atoms with Crippen molar-refractivity contribution in [3.8, 4) is 0 Å². The second-order valence-corrected chi connectivity index (χ2v) is 7.54. The lowest BCUT2D eigenvalue weighted by Crippen LogP contribution is -2.27. The van der Waals surface area contributed by atoms with E-state index >= 15 is 0 Å². The first-order chi connectivity index (χ1) is 12.5. The van der Waals surface area contributed by atoms with Crippen LogP contribution in [0.25, 0.3) is 0 Å². The molecule has 0 fully saturated rings. The minimum atomic E-state index is -0.506. The molecule has 0 bridgehead atoms. The van der Waals surface area contributed by atoms with Gasteiger partial charge in [0.1, 0.15) is 0 Å². The van der Waals surface area contributed by atoms with Crippen molar-refractivity contribution in [3.05, 3.63) is 64.2 Å². The van der Waals surface area contributed by atoms with E-state index in [0.717, 1.165) is 42.2 Å². The highest BCUT2D eigenvalue weighted by molar-refractivity contribution is 6.31. The summed E-state index contributed by atoms with van der Waals surface area (Å²) >= 11 is 6.32. The van der Waals surface area contributed by atoms with E-state index in [-0.39, 0.29) is 0 Å². The maximum atomic E-state index is 10.4. The molecular weight excluding hydrogens is 344 g/mol. The predicted molar refractivity (Wildman–Crippen MR) is 112 cm³/mol. The molecule has 2 rings (SSSR count). The van der Waals surface area contributed by atoms with Crippen LogP contribution in [0.3, 0.4) is 0 Å². The van der Waals surface area contributed by atoms with Gasteiger partial charge in [-0.15, -0.1) is 0 Å². The predicted octanol–water partition coefficient (Wildman–Crippen LogP) is 4.97. The molecule has 4 heteroatoms. The van der Waals surface area contributed by atoms with Crippen LogP contribution in [0.4, 0.5) is 5.69 Å². The van der Waals surface area contributed by atoms with Crippen molar-refractivity contribution < 1.29 is 5.11 Å². The number of aliphatic hydroxyl groups excluding tert-OH is 1. The minimum Gasteiger partial charge on any atom is -0.387 e. The molecule has 0 heterocycles. The maximum absolute atomic E-state index is 10.4. The number of aryl methyl sites for hydroxylation is 1. The summed E-state index contributed by atoms with van der Waals surface area (Å²) in [4.78, 5) is 0. The highest BCUT2D eigenvalue weighted by Gasteiger charge is 2.10. The van der Waals surface area contributed by atoms with Gasteiger partial charge < -0.3 is 15.7 Å². The Labute approximate surface area is 162 Å². The standard InChI is InChI=1S/C22H31ClN2O/c1-4-10-25-20-7-5-6-19(13-20)22(26)15-24-14-17(3)11-18-9-8-16(2)12-21(18)23/h5-9,12-13,17,22,24-26H,4,10-11,14-15H2,1-3H3. The monoisotopic (exact) mass is 374 g/mol. The fraction of sp³-hybridized carbons (Fsp3) is 0.455. The third kappa shape index (κ3) is 6.64. The first-order valence-electron chi connectivity index (χ1n) is 9.47. The molecule has 26 heavy (non-hydrogen) atoms. The second kappa shape index (κ2) is 10.6. The highest BCUT2D eigenvalue weighted by Crippen LogP contribution is 2.21. The summed E-state index contributed by atoms with van der Waals surface area (Å²) in [5.74, 6) is 0.444. The molecule has 0 saturated heterocycles. The van der Waals surface area contributed by atoms with E-state index < -0.39 is 6.10 Å². The average molecular weight is 375 g/mol. The zero-order valence-electron chi connectivity index (χ0n) is 16.1. The lowest BCUT2D eigenvalue weighted by molar-refractivity contribution is 0.173. The van der Waals surface area contributed by atoms with Crippen molar-refractivity contribution in [2.45, 2.75) is 39.7 Å². The van der Waals surface area contributed by atoms with Crippen molar-refractivity contribution in [2.24, 2.45) is 5.92 Å². The van der Waals surface area contributed by atoms with Gasteiger partial charge in [0.05, 0.1) is 6.10 Å². The fourth-order valence-corrected chi connectivity index (χ4v) is 3.29. The second-order valence-electron chi connectivity index (χ2n) is 7.13. The number of hydrogen-bond donors (Lipinski definition) is 3. The fourth-order valence-electron chi connectivity index (χ4n) is 2.98. The van der Waals surface area contributed by atoms with Gasteiger partial charge in [-0.1, -0.05) is 49.7 Å². The van der Waals surface area contributed by atoms with E-state index in [2.05, 4.69) is 43.5 Å². The van der Waals surface area contributed by atoms with Crippen molar-refractivity contribution in [1.29, 1.82) is 0 Å². The van der Waals surface area contributed by atoms with Crippen LogP contribution in [0.1, 0.15) is 43.1 Å². The van der Waals surface area contributed by atoms with Crippen LogP contribution in [0, 0.1) is 12.8 Å². The van der Waals surface area contributed by atoms with Gasteiger partial charge in [0.2, 0.25) is 0 Å². The van der Waals surface area contributed by atoms with Crippen LogP contribution in [-0.2, 0) is 6.42 Å². The summed E-state index contributed by atoms with van der Waals surface area (Å²) in [5, 5.41) is 18.0. The molecule has 0 radical (unpaired) electrons. The Morgan fingerprint density at radius 3 is 2.65 bits per heavy atom. The maximum Gasteiger partial charge on any atom is 0.0915 e. The Bertz CT molecular complexity index is 690. The van der Waals surface area contributed by atoms with Gasteiger partial charge in [0.25, 0.3) is 0 Å². The van der Waals surface area contributed by atoms with Crippen LogP contribution in [0.15, 0.2) is 42.5 Å². The summed E-state index contributed by atoms with van der Waals surface area (Å²) in [7, 11) is 0. The molecule has 3 nitrogen and oxygen atoms in total. The number of nitrogens with one attached hydrogen (secondary N) is 2. The van der Waals surface area contributed by atoms with Crippen LogP contribution in [-0.4, -0.2) is 24.7 Å². The van der Waals surface area contributed by atoms with Crippen LogP contribution in [0.5, 0.6) is 0 Å². The van der Waals surface area contributed by atoms with E-state index in [1.54, 1.807) is 0 Å². The number of aliphatic hydroxyl groups is 1. The van der Waals surface area contributed by atoms with Crippen LogP contribution < -0.4 is 10.6 Å². The molecule has 2 aromatic carbocycles. The molecule has 0 aliphatic heterocycles. The third-order valence-corrected chi connectivity index (χ3v) is 4.81. The van der Waals surface area contributed by atoms with Crippen molar-refractivity contribution in [2.75, 3.05) is 25.0 Å². The van der Waals surface area contributed by atoms with Gasteiger partial charge in [-0.05, 0) is 67.1 Å². The number of anilines is 1. The first-order valence-corrected chi connectivity index (χ1v) is 9.85. The van der Waals surface area contributed by atoms with Gasteiger partial charge in [-0.3, -0.25) is 0 Å². The summed E-state index contributed by atoms with van der Waals surface area (Å²) < 4.78 is 0. The quantitative estimate of drug-likeness (QED) is 0.550. The lowest BCUT2D eigenvalue weighted by atomic mass is 10.00. The SMILES string of the molecule is CCCNc1cccc(C(O)CNCC(C)Cc2ccc(C)cc2Cl)c1. The minimum absolute atomic E-state index is 0.444. The summed E-state index contributed by atoms with van der Waals surface area (Å²) in [6.07, 6.45) is 1.50. The Balaban J connectivity index is 1.79. The van der Waals surface area contributed by atoms with E-state index in [0.29, 0.717) is 12.5 Å². The molecule has 2 aromatic rings. The summed E-state index contributed by atoms with van der Waals surface area (Å²) in [6, 6.07) is 14.2. The summed E-state index contributed by atoms with van der Waals surface area (Å²) in [6.45, 7) is 8.72. The molecule has 2 unspecified atom stereocenters. The van der Waals surface area contributed by atoms with Gasteiger partial charge >= 0.3 is 0 Å². The van der Waals surface area contributed by atoms with Gasteiger partial charge in [0, 0.05) is 23.8 Å². The van der Waals surface area contributed by atoms with Crippen LogP contribution in [0.2, 0.25) is 5.02 Å². The largest absolute Gasteiger partial charge is 0.387 e. The average Bonchev–Trinajstić information content (AvgIpc) is 2.62. The zero-order chi connectivity index (χ0) is 18.9. The Morgan fingerprint density at radius 1 is 1.12 bits per heavy atom. The Kier molecular flexibility index (Phi) is 8.43. The number of rotatable bonds is 10. The van der Waals surface area contributed by atoms with Crippen LogP contribution >= 0.6 is 11.6 Å². The molecule has 0 aliphatic carbocycles. The van der Waals surface area contributed by atoms with Gasteiger partial charge in [-0.25, -0.2) is 0 Å². The Hall–Kier alpha value is -1.55. The van der Waals surface area contributed by atoms with Crippen molar-refractivity contribution >= 4 is 17.3 Å². The van der Waals surface area contributed by atoms with Gasteiger partial charge in [0.15, 0.2) is 0 Å². The smallest absolute Gasteiger partial charge is 0.0915 e.